The van der Waals surface area contributed by atoms with Gasteiger partial charge in [-0.1, -0.05) is 12.8 Å². The highest BCUT2D eigenvalue weighted by Gasteiger charge is 2.32. The molecule has 0 aromatic rings. The molecule has 0 unspecified atom stereocenters. The van der Waals surface area contributed by atoms with Crippen LogP contribution in [0.4, 0.5) is 13.2 Å². The molecule has 0 saturated carbocycles. The standard InChI is InChI=1S/C13H23F3N2O2/c14-13(15,16)11-17(6-5-9-19)10-12(20)18-7-3-1-2-4-8-18/h19H,1-11H2. The quantitative estimate of drug-likeness (QED) is 0.810. The Morgan fingerprint density at radius 1 is 1.15 bits per heavy atom. The van der Waals surface area contributed by atoms with E-state index in [0.29, 0.717) is 13.1 Å². The molecule has 1 saturated heterocycles. The number of aliphatic hydroxyl groups is 1. The van der Waals surface area contributed by atoms with Crippen LogP contribution in [0.1, 0.15) is 32.1 Å². The number of alkyl halides is 3. The number of likely N-dealkylation sites (tertiary alicyclic amines) is 1. The lowest BCUT2D eigenvalue weighted by atomic mass is 10.2. The largest absolute Gasteiger partial charge is 0.401 e. The first-order valence-corrected chi connectivity index (χ1v) is 7.10. The Kier molecular flexibility index (Phi) is 7.29. The van der Waals surface area contributed by atoms with Crippen LogP contribution in [0.15, 0.2) is 0 Å². The maximum atomic E-state index is 12.5. The Bertz CT molecular complexity index is 290. The fourth-order valence-electron chi connectivity index (χ4n) is 2.37. The maximum absolute atomic E-state index is 12.5. The Balaban J connectivity index is 2.50. The van der Waals surface area contributed by atoms with E-state index in [1.54, 1.807) is 4.90 Å². The minimum absolute atomic E-state index is 0.0790. The van der Waals surface area contributed by atoms with E-state index >= 15 is 0 Å². The third-order valence-electron chi connectivity index (χ3n) is 3.35. The molecule has 0 bridgehead atoms. The summed E-state index contributed by atoms with van der Waals surface area (Å²) < 4.78 is 37.4. The maximum Gasteiger partial charge on any atom is 0.401 e. The molecule has 0 spiro atoms. The average Bonchev–Trinajstić information content (AvgIpc) is 2.62. The fraction of sp³-hybridized carbons (Fsp3) is 0.923. The second kappa shape index (κ2) is 8.46. The van der Waals surface area contributed by atoms with Crippen LogP contribution >= 0.6 is 0 Å². The van der Waals surface area contributed by atoms with Crippen molar-refractivity contribution in [3.05, 3.63) is 0 Å². The second-order valence-electron chi connectivity index (χ2n) is 5.20. The highest BCUT2D eigenvalue weighted by atomic mass is 19.4. The highest BCUT2D eigenvalue weighted by molar-refractivity contribution is 5.78. The molecule has 1 aliphatic rings. The summed E-state index contributed by atoms with van der Waals surface area (Å²) in [6.45, 7) is -0.147. The number of halogens is 3. The number of amides is 1. The molecule has 0 atom stereocenters. The summed E-state index contributed by atoms with van der Waals surface area (Å²) in [5.74, 6) is -0.242. The summed E-state index contributed by atoms with van der Waals surface area (Å²) in [6.07, 6.45) is -0.109. The molecule has 7 heteroatoms. The van der Waals surface area contributed by atoms with Crippen LogP contribution in [0, 0.1) is 0 Å². The monoisotopic (exact) mass is 296 g/mol. The molecule has 0 aliphatic carbocycles. The van der Waals surface area contributed by atoms with Crippen LogP contribution < -0.4 is 0 Å². The smallest absolute Gasteiger partial charge is 0.396 e. The van der Waals surface area contributed by atoms with Crippen LogP contribution in [0.3, 0.4) is 0 Å². The number of aliphatic hydroxyl groups excluding tert-OH is 1. The van der Waals surface area contributed by atoms with Crippen molar-refractivity contribution in [2.45, 2.75) is 38.3 Å². The van der Waals surface area contributed by atoms with Crippen molar-refractivity contribution >= 4 is 5.91 Å². The SMILES string of the molecule is O=C(CN(CCCO)CC(F)(F)F)N1CCCCCC1. The van der Waals surface area contributed by atoms with Crippen molar-refractivity contribution in [3.8, 4) is 0 Å². The molecule has 4 nitrogen and oxygen atoms in total. The molecule has 1 rings (SSSR count). The molecule has 1 heterocycles. The van der Waals surface area contributed by atoms with Gasteiger partial charge in [-0.2, -0.15) is 13.2 Å². The topological polar surface area (TPSA) is 43.8 Å². The molecule has 118 valence electrons. The number of nitrogens with zero attached hydrogens (tertiary/aromatic N) is 2. The molecule has 20 heavy (non-hydrogen) atoms. The van der Waals surface area contributed by atoms with E-state index in [1.165, 1.54) is 0 Å². The Labute approximate surface area is 117 Å². The van der Waals surface area contributed by atoms with E-state index in [9.17, 15) is 18.0 Å². The molecular weight excluding hydrogens is 273 g/mol. The zero-order valence-electron chi connectivity index (χ0n) is 11.7. The van der Waals surface area contributed by atoms with Gasteiger partial charge in [-0.3, -0.25) is 9.69 Å². The first-order chi connectivity index (χ1) is 9.42. The molecule has 0 aromatic carbocycles. The van der Waals surface area contributed by atoms with Gasteiger partial charge < -0.3 is 10.0 Å². The highest BCUT2D eigenvalue weighted by Crippen LogP contribution is 2.17. The van der Waals surface area contributed by atoms with E-state index in [-0.39, 0.29) is 32.0 Å². The minimum Gasteiger partial charge on any atom is -0.396 e. The van der Waals surface area contributed by atoms with Gasteiger partial charge in [0.25, 0.3) is 0 Å². The van der Waals surface area contributed by atoms with Crippen molar-refractivity contribution in [1.82, 2.24) is 9.80 Å². The van der Waals surface area contributed by atoms with E-state index < -0.39 is 12.7 Å². The summed E-state index contributed by atoms with van der Waals surface area (Å²) >= 11 is 0. The lowest BCUT2D eigenvalue weighted by molar-refractivity contribution is -0.151. The van der Waals surface area contributed by atoms with Gasteiger partial charge in [-0.25, -0.2) is 0 Å². The van der Waals surface area contributed by atoms with Gasteiger partial charge in [0.1, 0.15) is 0 Å². The van der Waals surface area contributed by atoms with Crippen molar-refractivity contribution in [2.24, 2.45) is 0 Å². The van der Waals surface area contributed by atoms with Crippen molar-refractivity contribution in [2.75, 3.05) is 39.3 Å². The minimum atomic E-state index is -4.32. The normalized spacial score (nSPS) is 17.4. The number of hydrogen-bond acceptors (Lipinski definition) is 3. The van der Waals surface area contributed by atoms with Crippen molar-refractivity contribution < 1.29 is 23.1 Å². The van der Waals surface area contributed by atoms with Crippen LogP contribution in [0.2, 0.25) is 0 Å². The zero-order chi connectivity index (χ0) is 15.0. The van der Waals surface area contributed by atoms with E-state index in [1.807, 2.05) is 0 Å². The average molecular weight is 296 g/mol. The first-order valence-electron chi connectivity index (χ1n) is 7.10. The lowest BCUT2D eigenvalue weighted by Gasteiger charge is -2.27. The fourth-order valence-corrected chi connectivity index (χ4v) is 2.37. The number of hydrogen-bond donors (Lipinski definition) is 1. The third kappa shape index (κ3) is 7.09. The Hall–Kier alpha value is -0.820. The van der Waals surface area contributed by atoms with E-state index in [2.05, 4.69) is 0 Å². The molecule has 1 N–H and O–H groups in total. The lowest BCUT2D eigenvalue weighted by Crippen LogP contribution is -2.44. The van der Waals surface area contributed by atoms with Gasteiger partial charge in [0, 0.05) is 26.2 Å². The third-order valence-corrected chi connectivity index (χ3v) is 3.35. The number of carbonyl (C=O) groups is 1. The summed E-state index contributed by atoms with van der Waals surface area (Å²) in [5, 5.41) is 8.73. The summed E-state index contributed by atoms with van der Waals surface area (Å²) in [6, 6.07) is 0. The Morgan fingerprint density at radius 3 is 2.25 bits per heavy atom. The van der Waals surface area contributed by atoms with Gasteiger partial charge in [0.05, 0.1) is 13.1 Å². The van der Waals surface area contributed by atoms with Gasteiger partial charge in [-0.15, -0.1) is 0 Å². The molecule has 1 amide bonds. The molecule has 0 aromatic heterocycles. The summed E-state index contributed by atoms with van der Waals surface area (Å²) in [5.41, 5.74) is 0. The van der Waals surface area contributed by atoms with Gasteiger partial charge in [0.2, 0.25) is 5.91 Å². The van der Waals surface area contributed by atoms with Gasteiger partial charge in [0.15, 0.2) is 0 Å². The van der Waals surface area contributed by atoms with Crippen LogP contribution in [0.5, 0.6) is 0 Å². The number of carbonyl (C=O) groups excluding carboxylic acids is 1. The summed E-state index contributed by atoms with van der Waals surface area (Å²) in [7, 11) is 0. The first kappa shape index (κ1) is 17.2. The molecule has 1 fully saturated rings. The predicted octanol–water partition coefficient (Wildman–Crippen LogP) is 1.64. The molecular formula is C13H23F3N2O2. The zero-order valence-corrected chi connectivity index (χ0v) is 11.7. The molecule has 1 aliphatic heterocycles. The van der Waals surface area contributed by atoms with E-state index in [0.717, 1.165) is 30.6 Å². The Morgan fingerprint density at radius 2 is 1.75 bits per heavy atom. The van der Waals surface area contributed by atoms with Crippen LogP contribution in [-0.4, -0.2) is 66.3 Å². The van der Waals surface area contributed by atoms with Gasteiger partial charge in [-0.05, 0) is 19.3 Å². The van der Waals surface area contributed by atoms with Crippen molar-refractivity contribution in [3.63, 3.8) is 0 Å². The van der Waals surface area contributed by atoms with Crippen LogP contribution in [-0.2, 0) is 4.79 Å². The van der Waals surface area contributed by atoms with Crippen molar-refractivity contribution in [1.29, 1.82) is 0 Å². The molecule has 0 radical (unpaired) electrons. The van der Waals surface area contributed by atoms with Gasteiger partial charge >= 0.3 is 6.18 Å². The van der Waals surface area contributed by atoms with Crippen LogP contribution in [0.25, 0.3) is 0 Å². The summed E-state index contributed by atoms with van der Waals surface area (Å²) in [4.78, 5) is 14.8. The number of rotatable bonds is 6. The second-order valence-corrected chi connectivity index (χ2v) is 5.20. The van der Waals surface area contributed by atoms with E-state index in [4.69, 9.17) is 5.11 Å². The predicted molar refractivity (Wildman–Crippen MR) is 69.2 cm³/mol.